The molecule has 1 atom stereocenters. The standard InChI is InChI=1S/C19H23N3O6S/c1-13-5-8-16(22(24)25)11-18(13)21(29(4,26)27)12-19(23)20-14(2)15-6-9-17(28-3)10-7-15/h5-11,14H,12H2,1-4H3,(H,20,23)/t14-/m1/s1. The first-order valence-corrected chi connectivity index (χ1v) is 10.5. The Morgan fingerprint density at radius 1 is 1.24 bits per heavy atom. The second kappa shape index (κ2) is 8.91. The van der Waals surface area contributed by atoms with Gasteiger partial charge in [0.1, 0.15) is 12.3 Å². The van der Waals surface area contributed by atoms with Gasteiger partial charge in [-0.25, -0.2) is 8.42 Å². The molecule has 0 radical (unpaired) electrons. The quantitative estimate of drug-likeness (QED) is 0.517. The number of nitrogens with one attached hydrogen (secondary N) is 1. The summed E-state index contributed by atoms with van der Waals surface area (Å²) in [5.74, 6) is 0.140. The lowest BCUT2D eigenvalue weighted by molar-refractivity contribution is -0.384. The number of carbonyl (C=O) groups is 1. The Balaban J connectivity index is 2.23. The van der Waals surface area contributed by atoms with Crippen LogP contribution in [0.25, 0.3) is 0 Å². The van der Waals surface area contributed by atoms with Crippen LogP contribution in [-0.2, 0) is 14.8 Å². The third-order valence-electron chi connectivity index (χ3n) is 4.35. The highest BCUT2D eigenvalue weighted by molar-refractivity contribution is 7.92. The summed E-state index contributed by atoms with van der Waals surface area (Å²) in [5, 5.41) is 13.8. The Hall–Kier alpha value is -3.14. The Morgan fingerprint density at radius 2 is 1.86 bits per heavy atom. The van der Waals surface area contributed by atoms with Crippen molar-refractivity contribution in [3.63, 3.8) is 0 Å². The van der Waals surface area contributed by atoms with Crippen molar-refractivity contribution in [3.8, 4) is 5.75 Å². The van der Waals surface area contributed by atoms with Gasteiger partial charge in [0.2, 0.25) is 15.9 Å². The van der Waals surface area contributed by atoms with Crippen molar-refractivity contribution in [3.05, 3.63) is 63.7 Å². The molecule has 0 spiro atoms. The van der Waals surface area contributed by atoms with E-state index in [0.29, 0.717) is 11.3 Å². The number of nitro groups is 1. The molecule has 0 saturated heterocycles. The third-order valence-corrected chi connectivity index (χ3v) is 5.48. The summed E-state index contributed by atoms with van der Waals surface area (Å²) in [4.78, 5) is 23.0. The number of benzene rings is 2. The summed E-state index contributed by atoms with van der Waals surface area (Å²) in [6, 6.07) is 10.6. The minimum atomic E-state index is -3.85. The van der Waals surface area contributed by atoms with Gasteiger partial charge < -0.3 is 10.1 Å². The Bertz CT molecular complexity index is 1010. The maximum absolute atomic E-state index is 12.5. The van der Waals surface area contributed by atoms with E-state index in [1.54, 1.807) is 45.2 Å². The number of nitrogens with zero attached hydrogens (tertiary/aromatic N) is 2. The van der Waals surface area contributed by atoms with E-state index in [1.807, 2.05) is 0 Å². The number of non-ortho nitro benzene ring substituents is 1. The van der Waals surface area contributed by atoms with Crippen LogP contribution in [0.4, 0.5) is 11.4 Å². The van der Waals surface area contributed by atoms with E-state index in [1.165, 1.54) is 12.1 Å². The molecule has 0 fully saturated rings. The fraction of sp³-hybridized carbons (Fsp3) is 0.316. The molecule has 0 saturated carbocycles. The first kappa shape index (κ1) is 22.2. The highest BCUT2D eigenvalue weighted by Gasteiger charge is 2.25. The predicted octanol–water partition coefficient (Wildman–Crippen LogP) is 2.56. The summed E-state index contributed by atoms with van der Waals surface area (Å²) in [6.07, 6.45) is 0.950. The maximum atomic E-state index is 12.5. The van der Waals surface area contributed by atoms with Gasteiger partial charge in [-0.2, -0.15) is 0 Å². The zero-order valence-corrected chi connectivity index (χ0v) is 17.4. The molecule has 29 heavy (non-hydrogen) atoms. The van der Waals surface area contributed by atoms with Crippen LogP contribution in [-0.4, -0.2) is 39.2 Å². The number of anilines is 1. The zero-order chi connectivity index (χ0) is 21.8. The Kier molecular flexibility index (Phi) is 6.80. The van der Waals surface area contributed by atoms with Gasteiger partial charge in [0.25, 0.3) is 5.69 Å². The van der Waals surface area contributed by atoms with Crippen molar-refractivity contribution >= 4 is 27.3 Å². The third kappa shape index (κ3) is 5.67. The summed E-state index contributed by atoms with van der Waals surface area (Å²) >= 11 is 0. The molecule has 9 nitrogen and oxygen atoms in total. The highest BCUT2D eigenvalue weighted by atomic mass is 32.2. The van der Waals surface area contributed by atoms with Crippen molar-refractivity contribution in [2.75, 3.05) is 24.2 Å². The first-order chi connectivity index (χ1) is 13.5. The van der Waals surface area contributed by atoms with Gasteiger partial charge in [-0.1, -0.05) is 18.2 Å². The van der Waals surface area contributed by atoms with E-state index < -0.39 is 27.4 Å². The van der Waals surface area contributed by atoms with Crippen molar-refractivity contribution in [2.45, 2.75) is 19.9 Å². The van der Waals surface area contributed by atoms with Crippen molar-refractivity contribution in [1.29, 1.82) is 0 Å². The monoisotopic (exact) mass is 421 g/mol. The second-order valence-electron chi connectivity index (χ2n) is 6.56. The van der Waals surface area contributed by atoms with Crippen molar-refractivity contribution in [1.82, 2.24) is 5.32 Å². The summed E-state index contributed by atoms with van der Waals surface area (Å²) in [6.45, 7) is 2.89. The Labute approximate surface area is 169 Å². The molecule has 156 valence electrons. The van der Waals surface area contributed by atoms with Crippen LogP contribution in [0.3, 0.4) is 0 Å². The van der Waals surface area contributed by atoms with E-state index in [2.05, 4.69) is 5.32 Å². The average molecular weight is 421 g/mol. The number of aryl methyl sites for hydroxylation is 1. The fourth-order valence-corrected chi connectivity index (χ4v) is 3.66. The van der Waals surface area contributed by atoms with E-state index in [9.17, 15) is 23.3 Å². The number of amides is 1. The number of rotatable bonds is 8. The molecule has 0 heterocycles. The van der Waals surface area contributed by atoms with Gasteiger partial charge in [-0.15, -0.1) is 0 Å². The molecule has 2 aromatic rings. The van der Waals surface area contributed by atoms with Crippen LogP contribution >= 0.6 is 0 Å². The summed E-state index contributed by atoms with van der Waals surface area (Å²) < 4.78 is 30.5. The molecule has 1 N–H and O–H groups in total. The highest BCUT2D eigenvalue weighted by Crippen LogP contribution is 2.27. The molecule has 2 rings (SSSR count). The number of hydrogen-bond donors (Lipinski definition) is 1. The van der Waals surface area contributed by atoms with E-state index >= 15 is 0 Å². The minimum Gasteiger partial charge on any atom is -0.497 e. The van der Waals surface area contributed by atoms with Gasteiger partial charge in [0, 0.05) is 12.1 Å². The van der Waals surface area contributed by atoms with Crippen LogP contribution < -0.4 is 14.4 Å². The SMILES string of the molecule is COc1ccc([C@@H](C)NC(=O)CN(c2cc([N+](=O)[O-])ccc2C)S(C)(=O)=O)cc1. The first-order valence-electron chi connectivity index (χ1n) is 8.69. The van der Waals surface area contributed by atoms with Crippen molar-refractivity contribution in [2.24, 2.45) is 0 Å². The van der Waals surface area contributed by atoms with E-state index in [4.69, 9.17) is 4.74 Å². The largest absolute Gasteiger partial charge is 0.497 e. The van der Waals surface area contributed by atoms with Crippen molar-refractivity contribution < 1.29 is 22.9 Å². The number of ether oxygens (including phenoxy) is 1. The maximum Gasteiger partial charge on any atom is 0.271 e. The Morgan fingerprint density at radius 3 is 2.38 bits per heavy atom. The van der Waals surface area contributed by atoms with Crippen LogP contribution in [0.2, 0.25) is 0 Å². The number of nitro benzene ring substituents is 1. The minimum absolute atomic E-state index is 0.0916. The van der Waals surface area contributed by atoms with Gasteiger partial charge >= 0.3 is 0 Å². The molecule has 0 aliphatic carbocycles. The smallest absolute Gasteiger partial charge is 0.271 e. The summed E-state index contributed by atoms with van der Waals surface area (Å²) in [5.41, 5.74) is 1.15. The average Bonchev–Trinajstić information content (AvgIpc) is 2.65. The number of sulfonamides is 1. The molecule has 0 unspecified atom stereocenters. The van der Waals surface area contributed by atoms with Gasteiger partial charge in [0.15, 0.2) is 0 Å². The molecule has 1 amide bonds. The van der Waals surface area contributed by atoms with Gasteiger partial charge in [-0.3, -0.25) is 19.2 Å². The van der Waals surface area contributed by atoms with Crippen LogP contribution in [0.15, 0.2) is 42.5 Å². The second-order valence-corrected chi connectivity index (χ2v) is 8.47. The van der Waals surface area contributed by atoms with E-state index in [0.717, 1.165) is 22.2 Å². The molecule has 0 bridgehead atoms. The number of hydrogen-bond acceptors (Lipinski definition) is 6. The molecular weight excluding hydrogens is 398 g/mol. The summed E-state index contributed by atoms with van der Waals surface area (Å²) in [7, 11) is -2.30. The fourth-order valence-electron chi connectivity index (χ4n) is 2.75. The molecule has 0 aliphatic rings. The molecule has 0 aliphatic heterocycles. The number of methoxy groups -OCH3 is 1. The van der Waals surface area contributed by atoms with Gasteiger partial charge in [-0.05, 0) is 37.1 Å². The molecule has 0 aromatic heterocycles. The topological polar surface area (TPSA) is 119 Å². The van der Waals surface area contributed by atoms with Crippen LogP contribution in [0, 0.1) is 17.0 Å². The lowest BCUT2D eigenvalue weighted by atomic mass is 10.1. The van der Waals surface area contributed by atoms with E-state index in [-0.39, 0.29) is 17.4 Å². The lowest BCUT2D eigenvalue weighted by Gasteiger charge is -2.24. The zero-order valence-electron chi connectivity index (χ0n) is 16.6. The van der Waals surface area contributed by atoms with Crippen LogP contribution in [0.5, 0.6) is 5.75 Å². The normalized spacial score (nSPS) is 12.1. The molecule has 2 aromatic carbocycles. The predicted molar refractivity (Wildman–Crippen MR) is 110 cm³/mol. The van der Waals surface area contributed by atoms with Gasteiger partial charge in [0.05, 0.1) is 30.0 Å². The van der Waals surface area contributed by atoms with Crippen LogP contribution in [0.1, 0.15) is 24.1 Å². The molecule has 10 heteroatoms. The number of carbonyl (C=O) groups excluding carboxylic acids is 1. The lowest BCUT2D eigenvalue weighted by Crippen LogP contribution is -2.41. The molecular formula is C19H23N3O6S.